The standard InChI is InChI=1S/2C17H24O2.2CH3.2Zn/c2*1-15(2)12-9-10-16(3,11-12)17(15,18)13-7-5-6-8-14(13)19-4;;;;/h2*5-8,12,18H,9-11H2,1-4H3;2*1H3;;/q;;2*-1;;. The topological polar surface area (TPSA) is 58.9 Å². The van der Waals surface area contributed by atoms with E-state index in [2.05, 4.69) is 41.5 Å². The molecule has 4 fully saturated rings. The molecule has 0 heterocycles. The summed E-state index contributed by atoms with van der Waals surface area (Å²) in [5.74, 6) is 2.83. The number of hydrogen-bond donors (Lipinski definition) is 2. The summed E-state index contributed by atoms with van der Waals surface area (Å²) in [6, 6.07) is 15.9. The summed E-state index contributed by atoms with van der Waals surface area (Å²) in [6.07, 6.45) is 6.93. The second-order valence-electron chi connectivity index (χ2n) is 14.3. The van der Waals surface area contributed by atoms with Crippen molar-refractivity contribution in [2.75, 3.05) is 14.2 Å². The first-order valence-electron chi connectivity index (χ1n) is 14.5. The van der Waals surface area contributed by atoms with Crippen LogP contribution in [0.5, 0.6) is 11.5 Å². The molecule has 6 rings (SSSR count). The molecule has 6 atom stereocenters. The van der Waals surface area contributed by atoms with Gasteiger partial charge in [-0.1, -0.05) is 77.9 Å². The Kier molecular flexibility index (Phi) is 12.1. The Bertz CT molecular complexity index is 1110. The van der Waals surface area contributed by atoms with E-state index in [0.717, 1.165) is 48.3 Å². The molecule has 0 aliphatic heterocycles. The molecule has 4 nitrogen and oxygen atoms in total. The minimum atomic E-state index is -0.796. The Morgan fingerprint density at radius 1 is 0.595 bits per heavy atom. The molecule has 2 N–H and O–H groups in total. The summed E-state index contributed by atoms with van der Waals surface area (Å²) < 4.78 is 11.0. The summed E-state index contributed by atoms with van der Waals surface area (Å²) in [7, 11) is 3.37. The first-order chi connectivity index (χ1) is 17.7. The van der Waals surface area contributed by atoms with Gasteiger partial charge in [-0.2, -0.15) is 0 Å². The Balaban J connectivity index is 0.000000383. The fourth-order valence-electron chi connectivity index (χ4n) is 9.75. The van der Waals surface area contributed by atoms with E-state index in [4.69, 9.17) is 9.47 Å². The Hall–Kier alpha value is -0.793. The number of para-hydroxylation sites is 2. The second kappa shape index (κ2) is 12.9. The molecule has 0 aromatic heterocycles. The fraction of sp³-hybridized carbons (Fsp3) is 0.611. The number of ether oxygens (including phenoxy) is 2. The minimum Gasteiger partial charge on any atom is -0.496 e. The normalized spacial score (nSPS) is 35.8. The van der Waals surface area contributed by atoms with E-state index in [9.17, 15) is 10.2 Å². The largest absolute Gasteiger partial charge is 0.496 e. The van der Waals surface area contributed by atoms with Gasteiger partial charge in [-0.3, -0.25) is 0 Å². The zero-order valence-electron chi connectivity index (χ0n) is 28.1. The van der Waals surface area contributed by atoms with Gasteiger partial charge in [-0.05, 0) is 62.5 Å². The molecule has 2 aromatic carbocycles. The van der Waals surface area contributed by atoms with Gasteiger partial charge in [-0.15, -0.1) is 0 Å². The van der Waals surface area contributed by atoms with Gasteiger partial charge in [0.15, 0.2) is 0 Å². The van der Waals surface area contributed by atoms with Gasteiger partial charge < -0.3 is 34.5 Å². The van der Waals surface area contributed by atoms with Gasteiger partial charge >= 0.3 is 0 Å². The van der Waals surface area contributed by atoms with Crippen molar-refractivity contribution in [1.29, 1.82) is 0 Å². The number of aliphatic hydroxyl groups is 2. The van der Waals surface area contributed by atoms with Crippen molar-refractivity contribution in [3.63, 3.8) is 0 Å². The molecule has 6 heteroatoms. The van der Waals surface area contributed by atoms with Crippen LogP contribution in [0.4, 0.5) is 0 Å². The van der Waals surface area contributed by atoms with E-state index >= 15 is 0 Å². The third-order valence-corrected chi connectivity index (χ3v) is 12.1. The molecule has 0 spiro atoms. The molecular weight excluding hydrogens is 627 g/mol. The molecular formula is C36H54O4Zn2-2. The molecule has 0 radical (unpaired) electrons. The van der Waals surface area contributed by atoms with Gasteiger partial charge in [0, 0.05) is 71.7 Å². The number of methoxy groups -OCH3 is 2. The van der Waals surface area contributed by atoms with Crippen LogP contribution in [0.25, 0.3) is 0 Å². The van der Waals surface area contributed by atoms with E-state index in [1.807, 2.05) is 48.5 Å². The second-order valence-corrected chi connectivity index (χ2v) is 14.3. The van der Waals surface area contributed by atoms with Crippen molar-refractivity contribution in [2.24, 2.45) is 33.5 Å². The SMILES string of the molecule is COc1ccccc1C1(O)C2(C)CCC(C2)C1(C)C.COc1ccccc1C1(O)C2(C)CCC(C2)C1(C)C.[CH3-].[CH3-].[Zn].[Zn]. The molecule has 2 aromatic rings. The Morgan fingerprint density at radius 3 is 1.17 bits per heavy atom. The molecule has 0 saturated heterocycles. The number of fused-ring (bicyclic) bond motifs is 4. The van der Waals surface area contributed by atoms with Gasteiger partial charge in [-0.25, -0.2) is 0 Å². The average Bonchev–Trinajstić information content (AvgIpc) is 3.59. The average molecular weight is 682 g/mol. The van der Waals surface area contributed by atoms with Gasteiger partial charge in [0.1, 0.15) is 22.7 Å². The summed E-state index contributed by atoms with van der Waals surface area (Å²) in [4.78, 5) is 0. The van der Waals surface area contributed by atoms with E-state index in [-0.39, 0.29) is 75.5 Å². The maximum absolute atomic E-state index is 11.7. The summed E-state index contributed by atoms with van der Waals surface area (Å²) in [5.41, 5.74) is 0.0688. The molecule has 6 unspecified atom stereocenters. The minimum absolute atomic E-state index is 0. The van der Waals surface area contributed by atoms with Crippen LogP contribution in [0.2, 0.25) is 0 Å². The van der Waals surface area contributed by atoms with Gasteiger partial charge in [0.25, 0.3) is 0 Å². The molecule has 42 heavy (non-hydrogen) atoms. The van der Waals surface area contributed by atoms with Gasteiger partial charge in [0.05, 0.1) is 14.2 Å². The smallest absolute Gasteiger partial charge is 0.124 e. The third kappa shape index (κ3) is 4.98. The molecule has 0 amide bonds. The number of benzene rings is 2. The Morgan fingerprint density at radius 2 is 0.905 bits per heavy atom. The molecule has 4 aliphatic carbocycles. The van der Waals surface area contributed by atoms with Crippen molar-refractivity contribution in [2.45, 2.75) is 91.3 Å². The van der Waals surface area contributed by atoms with Crippen LogP contribution in [0.15, 0.2) is 48.5 Å². The van der Waals surface area contributed by atoms with E-state index in [1.54, 1.807) is 14.2 Å². The van der Waals surface area contributed by atoms with Crippen molar-refractivity contribution in [3.05, 3.63) is 74.5 Å². The van der Waals surface area contributed by atoms with Crippen LogP contribution in [-0.4, -0.2) is 24.4 Å². The number of rotatable bonds is 4. The molecule has 228 valence electrons. The predicted octanol–water partition coefficient (Wildman–Crippen LogP) is 8.35. The first kappa shape index (κ1) is 39.2. The molecule has 4 bridgehead atoms. The monoisotopic (exact) mass is 678 g/mol. The maximum Gasteiger partial charge on any atom is 0.124 e. The van der Waals surface area contributed by atoms with Crippen LogP contribution >= 0.6 is 0 Å². The van der Waals surface area contributed by atoms with Crippen LogP contribution in [0, 0.1) is 48.3 Å². The van der Waals surface area contributed by atoms with Crippen molar-refractivity contribution in [3.8, 4) is 11.5 Å². The first-order valence-corrected chi connectivity index (χ1v) is 14.5. The van der Waals surface area contributed by atoms with Crippen molar-refractivity contribution < 1.29 is 58.6 Å². The summed E-state index contributed by atoms with van der Waals surface area (Å²) >= 11 is 0. The van der Waals surface area contributed by atoms with Crippen molar-refractivity contribution >= 4 is 0 Å². The van der Waals surface area contributed by atoms with Crippen LogP contribution < -0.4 is 9.47 Å². The third-order valence-electron chi connectivity index (χ3n) is 12.1. The van der Waals surface area contributed by atoms with E-state index < -0.39 is 11.2 Å². The fourth-order valence-corrected chi connectivity index (χ4v) is 9.75. The summed E-state index contributed by atoms with van der Waals surface area (Å²) in [6.45, 7) is 13.4. The summed E-state index contributed by atoms with van der Waals surface area (Å²) in [5, 5.41) is 23.3. The molecule has 4 aliphatic rings. The van der Waals surface area contributed by atoms with Gasteiger partial charge in [0.2, 0.25) is 0 Å². The van der Waals surface area contributed by atoms with Crippen LogP contribution in [0.3, 0.4) is 0 Å². The number of hydrogen-bond acceptors (Lipinski definition) is 4. The Labute approximate surface area is 282 Å². The zero-order valence-corrected chi connectivity index (χ0v) is 34.1. The quantitative estimate of drug-likeness (QED) is 0.252. The van der Waals surface area contributed by atoms with Crippen LogP contribution in [0.1, 0.15) is 91.2 Å². The maximum atomic E-state index is 11.7. The predicted molar refractivity (Wildman–Crippen MR) is 165 cm³/mol. The molecule has 4 saturated carbocycles. The van der Waals surface area contributed by atoms with Crippen molar-refractivity contribution in [1.82, 2.24) is 0 Å². The van der Waals surface area contributed by atoms with E-state index in [1.165, 1.54) is 12.8 Å². The van der Waals surface area contributed by atoms with E-state index in [0.29, 0.717) is 11.8 Å². The zero-order chi connectivity index (χ0) is 27.8. The van der Waals surface area contributed by atoms with Crippen LogP contribution in [-0.2, 0) is 50.2 Å².